The van der Waals surface area contributed by atoms with Gasteiger partial charge in [-0.2, -0.15) is 0 Å². The number of rotatable bonds is 8. The van der Waals surface area contributed by atoms with Gasteiger partial charge in [-0.05, 0) is 49.7 Å². The fraction of sp³-hybridized carbons (Fsp3) is 0.516. The maximum Gasteiger partial charge on any atom is 0.264 e. The molecule has 2 fully saturated rings. The van der Waals surface area contributed by atoms with Gasteiger partial charge in [0.1, 0.15) is 0 Å². The molecule has 2 aromatic rings. The highest BCUT2D eigenvalue weighted by molar-refractivity contribution is 6.72. The second kappa shape index (κ2) is 11.3. The number of piperidine rings is 1. The first-order chi connectivity index (χ1) is 19.5. The van der Waals surface area contributed by atoms with Gasteiger partial charge in [0.2, 0.25) is 20.2 Å². The quantitative estimate of drug-likeness (QED) is 0.370. The van der Waals surface area contributed by atoms with E-state index in [1.807, 2.05) is 55.5 Å². The maximum atomic E-state index is 16.1. The highest BCUT2D eigenvalue weighted by Gasteiger charge is 2.66. The molecule has 10 heteroatoms. The van der Waals surface area contributed by atoms with E-state index >= 15 is 4.11 Å². The number of carbonyl (C=O) groups is 3. The van der Waals surface area contributed by atoms with Gasteiger partial charge in [0.05, 0.1) is 24.8 Å². The first-order valence-electron chi connectivity index (χ1n) is 14.5. The predicted molar refractivity (Wildman–Crippen MR) is 158 cm³/mol. The molecule has 3 aliphatic rings. The largest absolute Gasteiger partial charge is 0.395 e. The van der Waals surface area contributed by atoms with Crippen LogP contribution >= 0.6 is 0 Å². The van der Waals surface area contributed by atoms with E-state index in [0.717, 1.165) is 18.4 Å². The number of ether oxygens (including phenoxy) is 1. The van der Waals surface area contributed by atoms with Gasteiger partial charge in [-0.15, -0.1) is 0 Å². The SMILES string of the molecule is C[C@H]1[C@H]([Si](C)(C)F)[C@@H](CC(=O)N(CCO)Cc2ccccc2)O[C@]12C(=O)N(C)c1ccc(N3CCCCC3=O)cc12. The molecule has 2 aromatic carbocycles. The number of aliphatic hydroxyl groups is 1. The zero-order valence-electron chi connectivity index (χ0n) is 24.3. The summed E-state index contributed by atoms with van der Waals surface area (Å²) in [6, 6.07) is 15.1. The van der Waals surface area contributed by atoms with Gasteiger partial charge >= 0.3 is 0 Å². The lowest BCUT2D eigenvalue weighted by molar-refractivity contribution is -0.149. The molecule has 0 radical (unpaired) electrons. The first-order valence-corrected chi connectivity index (χ1v) is 17.5. The maximum absolute atomic E-state index is 16.1. The van der Waals surface area contributed by atoms with Crippen molar-refractivity contribution in [3.05, 3.63) is 59.7 Å². The van der Waals surface area contributed by atoms with Crippen molar-refractivity contribution < 1.29 is 28.3 Å². The fourth-order valence-corrected chi connectivity index (χ4v) is 9.60. The van der Waals surface area contributed by atoms with Crippen molar-refractivity contribution in [2.24, 2.45) is 5.92 Å². The molecule has 4 atom stereocenters. The smallest absolute Gasteiger partial charge is 0.264 e. The summed E-state index contributed by atoms with van der Waals surface area (Å²) in [7, 11) is -1.76. The van der Waals surface area contributed by atoms with E-state index in [4.69, 9.17) is 4.74 Å². The topological polar surface area (TPSA) is 90.4 Å². The Bertz CT molecular complexity index is 1320. The highest BCUT2D eigenvalue weighted by atomic mass is 28.4. The van der Waals surface area contributed by atoms with Gasteiger partial charge in [0.15, 0.2) is 5.60 Å². The lowest BCUT2D eigenvalue weighted by Crippen LogP contribution is -2.44. The Labute approximate surface area is 242 Å². The number of benzene rings is 2. The molecular weight excluding hydrogens is 541 g/mol. The Kier molecular flexibility index (Phi) is 8.11. The zero-order chi connectivity index (χ0) is 29.5. The molecule has 3 amide bonds. The van der Waals surface area contributed by atoms with E-state index in [2.05, 4.69) is 0 Å². The van der Waals surface area contributed by atoms with Crippen LogP contribution in [-0.2, 0) is 31.3 Å². The van der Waals surface area contributed by atoms with Crippen molar-refractivity contribution in [1.82, 2.24) is 4.90 Å². The van der Waals surface area contributed by atoms with Crippen LogP contribution in [0.2, 0.25) is 18.6 Å². The number of hydrogen-bond donors (Lipinski definition) is 1. The Morgan fingerprint density at radius 2 is 1.90 bits per heavy atom. The third kappa shape index (κ3) is 5.21. The standard InChI is InChI=1S/C31H40FN3O5Si/c1-21-29(41(3,4)32)26(19-28(38)34(16-17-36)20-22-10-6-5-7-11-22)40-31(21)24-18-23(35-15-9-8-12-27(35)37)13-14-25(24)33(2)30(31)39/h5-7,10-11,13-14,18,21,26,29,36H,8-9,12,15-17,19-20H2,1-4H3/t21-,26+,29-,31+/m0/s1. The summed E-state index contributed by atoms with van der Waals surface area (Å²) in [4.78, 5) is 45.3. The molecule has 2 saturated heterocycles. The number of aliphatic hydroxyl groups excluding tert-OH is 1. The third-order valence-corrected chi connectivity index (χ3v) is 11.5. The molecular formula is C31H40FN3O5Si. The van der Waals surface area contributed by atoms with Crippen LogP contribution < -0.4 is 9.80 Å². The van der Waals surface area contributed by atoms with Gasteiger partial charge in [0, 0.05) is 55.8 Å². The number of halogens is 1. The number of carbonyl (C=O) groups excluding carboxylic acids is 3. The van der Waals surface area contributed by atoms with Gasteiger partial charge in [-0.3, -0.25) is 14.4 Å². The highest BCUT2D eigenvalue weighted by Crippen LogP contribution is 2.60. The molecule has 0 aliphatic carbocycles. The average Bonchev–Trinajstić information content (AvgIpc) is 3.35. The van der Waals surface area contributed by atoms with Crippen LogP contribution in [0.25, 0.3) is 0 Å². The summed E-state index contributed by atoms with van der Waals surface area (Å²) in [5.41, 5.74) is 0.851. The Morgan fingerprint density at radius 1 is 1.17 bits per heavy atom. The summed E-state index contributed by atoms with van der Waals surface area (Å²) in [5.74, 6) is -1.02. The average molecular weight is 582 g/mol. The van der Waals surface area contributed by atoms with Crippen LogP contribution in [0.5, 0.6) is 0 Å². The second-order valence-electron chi connectivity index (χ2n) is 12.1. The molecule has 8 nitrogen and oxygen atoms in total. The summed E-state index contributed by atoms with van der Waals surface area (Å²) in [5, 5.41) is 9.68. The molecule has 1 spiro atoms. The molecule has 3 aliphatic heterocycles. The lowest BCUT2D eigenvalue weighted by Gasteiger charge is -2.32. The van der Waals surface area contributed by atoms with Crippen molar-refractivity contribution in [3.63, 3.8) is 0 Å². The summed E-state index contributed by atoms with van der Waals surface area (Å²) in [6.45, 7) is 5.93. The van der Waals surface area contributed by atoms with E-state index in [1.54, 1.807) is 34.8 Å². The van der Waals surface area contributed by atoms with Gasteiger partial charge in [-0.25, -0.2) is 0 Å². The van der Waals surface area contributed by atoms with Crippen molar-refractivity contribution in [3.8, 4) is 0 Å². The van der Waals surface area contributed by atoms with Crippen LogP contribution in [0, 0.1) is 5.92 Å². The van der Waals surface area contributed by atoms with E-state index < -0.39 is 31.6 Å². The van der Waals surface area contributed by atoms with Gasteiger partial charge < -0.3 is 28.7 Å². The number of hydrogen-bond acceptors (Lipinski definition) is 5. The number of nitrogens with zero attached hydrogens (tertiary/aromatic N) is 3. The molecule has 3 heterocycles. The van der Waals surface area contributed by atoms with Crippen LogP contribution in [0.4, 0.5) is 15.5 Å². The van der Waals surface area contributed by atoms with E-state index in [1.165, 1.54) is 0 Å². The Balaban J connectivity index is 1.50. The Morgan fingerprint density at radius 3 is 2.56 bits per heavy atom. The molecule has 0 bridgehead atoms. The van der Waals surface area contributed by atoms with Crippen LogP contribution in [0.1, 0.15) is 43.7 Å². The zero-order valence-corrected chi connectivity index (χ0v) is 25.3. The number of anilines is 2. The van der Waals surface area contributed by atoms with E-state index in [0.29, 0.717) is 36.4 Å². The molecule has 220 valence electrons. The van der Waals surface area contributed by atoms with E-state index in [-0.39, 0.29) is 37.3 Å². The summed E-state index contributed by atoms with van der Waals surface area (Å²) in [6.07, 6.45) is 1.33. The monoisotopic (exact) mass is 581 g/mol. The minimum absolute atomic E-state index is 0.0457. The summed E-state index contributed by atoms with van der Waals surface area (Å²) < 4.78 is 22.8. The fourth-order valence-electron chi connectivity index (χ4n) is 7.11. The normalized spacial score (nSPS) is 26.1. The first kappa shape index (κ1) is 29.4. The number of fused-ring (bicyclic) bond motifs is 2. The third-order valence-electron chi connectivity index (χ3n) is 9.02. The molecule has 0 saturated carbocycles. The van der Waals surface area contributed by atoms with Crippen molar-refractivity contribution in [2.45, 2.75) is 69.5 Å². The van der Waals surface area contributed by atoms with Crippen molar-refractivity contribution in [1.29, 1.82) is 0 Å². The summed E-state index contributed by atoms with van der Waals surface area (Å²) >= 11 is 0. The minimum atomic E-state index is -3.45. The number of likely N-dealkylation sites (N-methyl/N-ethyl adjacent to an activating group) is 1. The minimum Gasteiger partial charge on any atom is -0.395 e. The molecule has 0 aromatic heterocycles. The number of amides is 3. The van der Waals surface area contributed by atoms with Crippen molar-refractivity contribution in [2.75, 3.05) is 36.5 Å². The van der Waals surface area contributed by atoms with Gasteiger partial charge in [0.25, 0.3) is 5.91 Å². The predicted octanol–water partition coefficient (Wildman–Crippen LogP) is 4.37. The molecule has 5 rings (SSSR count). The molecule has 0 unspecified atom stereocenters. The Hall–Kier alpha value is -3.08. The molecule has 1 N–H and O–H groups in total. The second-order valence-corrected chi connectivity index (χ2v) is 15.9. The van der Waals surface area contributed by atoms with E-state index in [9.17, 15) is 19.5 Å². The molecule has 41 heavy (non-hydrogen) atoms. The van der Waals surface area contributed by atoms with Crippen LogP contribution in [0.15, 0.2) is 48.5 Å². The van der Waals surface area contributed by atoms with Crippen LogP contribution in [0.3, 0.4) is 0 Å². The van der Waals surface area contributed by atoms with Gasteiger partial charge in [-0.1, -0.05) is 37.3 Å². The van der Waals surface area contributed by atoms with Crippen LogP contribution in [-0.4, -0.2) is 69.0 Å². The van der Waals surface area contributed by atoms with Crippen molar-refractivity contribution >= 4 is 37.5 Å². The lowest BCUT2D eigenvalue weighted by atomic mass is 9.82.